The lowest BCUT2D eigenvalue weighted by molar-refractivity contribution is 0.0703. The van der Waals surface area contributed by atoms with E-state index in [9.17, 15) is 4.79 Å². The molecule has 3 heterocycles. The number of aromatic nitrogens is 3. The highest BCUT2D eigenvalue weighted by Crippen LogP contribution is 2.36. The molecule has 0 spiro atoms. The molecule has 7 nitrogen and oxygen atoms in total. The number of ether oxygens (including phenoxy) is 2. The molecular weight excluding hydrogens is 424 g/mol. The van der Waals surface area contributed by atoms with Crippen molar-refractivity contribution in [2.45, 2.75) is 18.8 Å². The predicted molar refractivity (Wildman–Crippen MR) is 108 cm³/mol. The third kappa shape index (κ3) is 3.32. The van der Waals surface area contributed by atoms with Gasteiger partial charge in [0.15, 0.2) is 5.65 Å². The summed E-state index contributed by atoms with van der Waals surface area (Å²) in [6.07, 6.45) is 3.87. The van der Waals surface area contributed by atoms with Crippen LogP contribution in [0.15, 0.2) is 41.0 Å². The number of likely N-dealkylation sites (tertiary alicyclic amines) is 1. The van der Waals surface area contributed by atoms with Crippen molar-refractivity contribution in [3.63, 3.8) is 0 Å². The van der Waals surface area contributed by atoms with Crippen LogP contribution in [-0.2, 0) is 0 Å². The standard InChI is InChI=1S/C20H21BrN4O3/c1-27-15-10-14(11-16(28-2)18(15)21)20(26)24-8-5-6-13(12-24)19-23-22-17-7-3-4-9-25(17)19/h3-4,7,9-11,13H,5-6,8,12H2,1-2H3. The summed E-state index contributed by atoms with van der Waals surface area (Å²) in [4.78, 5) is 15.1. The molecule has 8 heteroatoms. The summed E-state index contributed by atoms with van der Waals surface area (Å²) in [5.74, 6) is 2.15. The van der Waals surface area contributed by atoms with E-state index in [0.717, 1.165) is 24.3 Å². The maximum atomic E-state index is 13.2. The van der Waals surface area contributed by atoms with Crippen LogP contribution in [0, 0.1) is 0 Å². The van der Waals surface area contributed by atoms with Crippen LogP contribution in [0.25, 0.3) is 5.65 Å². The van der Waals surface area contributed by atoms with Gasteiger partial charge in [-0.3, -0.25) is 9.20 Å². The summed E-state index contributed by atoms with van der Waals surface area (Å²) in [7, 11) is 3.14. The van der Waals surface area contributed by atoms with E-state index >= 15 is 0 Å². The Labute approximate surface area is 171 Å². The molecule has 0 radical (unpaired) electrons. The Bertz CT molecular complexity index is 995. The fourth-order valence-corrected chi connectivity index (χ4v) is 4.24. The number of hydrogen-bond acceptors (Lipinski definition) is 5. The molecule has 0 saturated carbocycles. The number of hydrogen-bond donors (Lipinski definition) is 0. The van der Waals surface area contributed by atoms with E-state index in [0.29, 0.717) is 34.6 Å². The molecule has 3 aromatic rings. The van der Waals surface area contributed by atoms with Crippen molar-refractivity contribution in [2.24, 2.45) is 0 Å². The third-order valence-electron chi connectivity index (χ3n) is 5.11. The van der Waals surface area contributed by atoms with Gasteiger partial charge >= 0.3 is 0 Å². The van der Waals surface area contributed by atoms with E-state index in [1.54, 1.807) is 26.4 Å². The van der Waals surface area contributed by atoms with Gasteiger partial charge in [-0.1, -0.05) is 6.07 Å². The van der Waals surface area contributed by atoms with Crippen LogP contribution in [0.5, 0.6) is 11.5 Å². The second kappa shape index (κ2) is 7.79. The zero-order valence-electron chi connectivity index (χ0n) is 15.8. The van der Waals surface area contributed by atoms with Crippen LogP contribution in [0.1, 0.15) is 34.9 Å². The molecule has 1 atom stereocenters. The van der Waals surface area contributed by atoms with Gasteiger partial charge in [0.25, 0.3) is 5.91 Å². The van der Waals surface area contributed by atoms with E-state index in [-0.39, 0.29) is 11.8 Å². The number of nitrogens with zero attached hydrogens (tertiary/aromatic N) is 4. The lowest BCUT2D eigenvalue weighted by Gasteiger charge is -2.32. The van der Waals surface area contributed by atoms with E-state index < -0.39 is 0 Å². The number of carbonyl (C=O) groups excluding carboxylic acids is 1. The Hall–Kier alpha value is -2.61. The van der Waals surface area contributed by atoms with Crippen LogP contribution in [-0.4, -0.2) is 52.7 Å². The van der Waals surface area contributed by atoms with Crippen LogP contribution in [0.3, 0.4) is 0 Å². The normalized spacial score (nSPS) is 17.0. The number of pyridine rings is 1. The number of methoxy groups -OCH3 is 2. The van der Waals surface area contributed by atoms with Crippen LogP contribution < -0.4 is 9.47 Å². The third-order valence-corrected chi connectivity index (χ3v) is 5.89. The maximum Gasteiger partial charge on any atom is 0.254 e. The average Bonchev–Trinajstić information content (AvgIpc) is 3.17. The zero-order valence-corrected chi connectivity index (χ0v) is 17.3. The highest BCUT2D eigenvalue weighted by atomic mass is 79.9. The zero-order chi connectivity index (χ0) is 19.7. The summed E-state index contributed by atoms with van der Waals surface area (Å²) in [5, 5.41) is 8.63. The molecule has 1 fully saturated rings. The van der Waals surface area contributed by atoms with E-state index in [1.807, 2.05) is 33.7 Å². The minimum atomic E-state index is -0.0392. The van der Waals surface area contributed by atoms with Crippen molar-refractivity contribution in [3.05, 3.63) is 52.4 Å². The fourth-order valence-electron chi connectivity index (χ4n) is 3.69. The molecule has 1 aliphatic heterocycles. The van der Waals surface area contributed by atoms with E-state index in [2.05, 4.69) is 26.1 Å². The molecule has 1 saturated heterocycles. The summed E-state index contributed by atoms with van der Waals surface area (Å²) < 4.78 is 13.4. The Morgan fingerprint density at radius 1 is 1.18 bits per heavy atom. The first-order valence-electron chi connectivity index (χ1n) is 9.13. The Kier molecular flexibility index (Phi) is 5.21. The topological polar surface area (TPSA) is 69.0 Å². The highest BCUT2D eigenvalue weighted by molar-refractivity contribution is 9.10. The molecule has 146 valence electrons. The summed E-state index contributed by atoms with van der Waals surface area (Å²) in [5.41, 5.74) is 1.37. The van der Waals surface area contributed by atoms with Crippen LogP contribution in [0.2, 0.25) is 0 Å². The molecule has 4 rings (SSSR count). The van der Waals surface area contributed by atoms with Gasteiger partial charge in [-0.15, -0.1) is 10.2 Å². The number of carbonyl (C=O) groups is 1. The van der Waals surface area contributed by atoms with Gasteiger partial charge in [0.1, 0.15) is 21.8 Å². The van der Waals surface area contributed by atoms with Gasteiger partial charge in [-0.2, -0.15) is 0 Å². The summed E-state index contributed by atoms with van der Waals surface area (Å²) in [6.45, 7) is 1.32. The molecule has 28 heavy (non-hydrogen) atoms. The Morgan fingerprint density at radius 3 is 2.64 bits per heavy atom. The first-order valence-corrected chi connectivity index (χ1v) is 9.92. The van der Waals surface area contributed by atoms with E-state index in [1.165, 1.54) is 0 Å². The summed E-state index contributed by atoms with van der Waals surface area (Å²) in [6, 6.07) is 9.32. The van der Waals surface area contributed by atoms with Crippen LogP contribution in [0.4, 0.5) is 0 Å². The van der Waals surface area contributed by atoms with Gasteiger partial charge in [0.05, 0.1) is 14.2 Å². The monoisotopic (exact) mass is 444 g/mol. The second-order valence-corrected chi connectivity index (χ2v) is 7.57. The van der Waals surface area contributed by atoms with Crippen molar-refractivity contribution in [2.75, 3.05) is 27.3 Å². The van der Waals surface area contributed by atoms with Gasteiger partial charge in [0, 0.05) is 30.8 Å². The first-order chi connectivity index (χ1) is 13.6. The van der Waals surface area contributed by atoms with Gasteiger partial charge in [-0.05, 0) is 53.0 Å². The summed E-state index contributed by atoms with van der Waals surface area (Å²) >= 11 is 3.45. The Morgan fingerprint density at radius 2 is 1.93 bits per heavy atom. The molecule has 0 N–H and O–H groups in total. The number of rotatable bonds is 4. The smallest absolute Gasteiger partial charge is 0.254 e. The molecule has 2 aromatic heterocycles. The highest BCUT2D eigenvalue weighted by Gasteiger charge is 2.29. The van der Waals surface area contributed by atoms with Crippen molar-refractivity contribution >= 4 is 27.5 Å². The first kappa shape index (κ1) is 18.7. The van der Waals surface area contributed by atoms with Crippen LogP contribution >= 0.6 is 15.9 Å². The minimum absolute atomic E-state index is 0.0392. The van der Waals surface area contributed by atoms with Gasteiger partial charge in [0.2, 0.25) is 0 Å². The predicted octanol–water partition coefficient (Wildman–Crippen LogP) is 3.53. The van der Waals surface area contributed by atoms with E-state index in [4.69, 9.17) is 9.47 Å². The lowest BCUT2D eigenvalue weighted by atomic mass is 9.96. The van der Waals surface area contributed by atoms with Crippen molar-refractivity contribution in [1.29, 1.82) is 0 Å². The minimum Gasteiger partial charge on any atom is -0.495 e. The average molecular weight is 445 g/mol. The Balaban J connectivity index is 1.60. The largest absolute Gasteiger partial charge is 0.495 e. The van der Waals surface area contributed by atoms with Gasteiger partial charge < -0.3 is 14.4 Å². The van der Waals surface area contributed by atoms with Crippen molar-refractivity contribution < 1.29 is 14.3 Å². The molecule has 1 unspecified atom stereocenters. The number of halogens is 1. The number of benzene rings is 1. The lowest BCUT2D eigenvalue weighted by Crippen LogP contribution is -2.39. The van der Waals surface area contributed by atoms with Crippen molar-refractivity contribution in [1.82, 2.24) is 19.5 Å². The molecule has 0 aliphatic carbocycles. The molecular formula is C20H21BrN4O3. The fraction of sp³-hybridized carbons (Fsp3) is 0.350. The number of amides is 1. The quantitative estimate of drug-likeness (QED) is 0.615. The SMILES string of the molecule is COc1cc(C(=O)N2CCCC(c3nnc4ccccn34)C2)cc(OC)c1Br. The number of piperidine rings is 1. The molecule has 1 aliphatic rings. The second-order valence-electron chi connectivity index (χ2n) is 6.77. The molecule has 0 bridgehead atoms. The number of fused-ring (bicyclic) bond motifs is 1. The van der Waals surface area contributed by atoms with Gasteiger partial charge in [-0.25, -0.2) is 0 Å². The maximum absolute atomic E-state index is 13.2. The molecule has 1 aromatic carbocycles. The molecule has 1 amide bonds. The van der Waals surface area contributed by atoms with Crippen molar-refractivity contribution in [3.8, 4) is 11.5 Å².